The molecule has 0 spiro atoms. The van der Waals surface area contributed by atoms with Crippen molar-refractivity contribution in [3.8, 4) is 0 Å². The molecule has 0 aromatic heterocycles. The highest BCUT2D eigenvalue weighted by Crippen LogP contribution is 2.13. The molecule has 0 radical (unpaired) electrons. The number of ether oxygens (including phenoxy) is 2. The molecule has 1 heterocycles. The van der Waals surface area contributed by atoms with E-state index >= 15 is 0 Å². The van der Waals surface area contributed by atoms with E-state index in [1.54, 1.807) is 7.05 Å². The van der Waals surface area contributed by atoms with Crippen molar-refractivity contribution in [1.29, 1.82) is 0 Å². The first kappa shape index (κ1) is 13.9. The molecule has 1 atom stereocenters. The van der Waals surface area contributed by atoms with E-state index in [9.17, 15) is 4.79 Å². The highest BCUT2D eigenvalue weighted by atomic mass is 16.5. The Balaban J connectivity index is 2.32. The minimum absolute atomic E-state index is 0.198. The number of amides is 1. The number of hydrogen-bond donors (Lipinski definition) is 1. The number of aliphatic imine (C=N–C) groups is 1. The van der Waals surface area contributed by atoms with Crippen molar-refractivity contribution in [2.24, 2.45) is 4.99 Å². The summed E-state index contributed by atoms with van der Waals surface area (Å²) in [7, 11) is 1.56. The van der Waals surface area contributed by atoms with Gasteiger partial charge in [-0.3, -0.25) is 9.79 Å². The largest absolute Gasteiger partial charge is 0.381 e. The van der Waals surface area contributed by atoms with Gasteiger partial charge in [0.2, 0.25) is 0 Å². The highest BCUT2D eigenvalue weighted by molar-refractivity contribution is 6.11. The summed E-state index contributed by atoms with van der Waals surface area (Å²) in [4.78, 5) is 15.3. The van der Waals surface area contributed by atoms with Gasteiger partial charge in [-0.25, -0.2) is 0 Å². The van der Waals surface area contributed by atoms with Crippen molar-refractivity contribution >= 4 is 12.1 Å². The molecule has 1 unspecified atom stereocenters. The van der Waals surface area contributed by atoms with Crippen molar-refractivity contribution in [1.82, 2.24) is 5.32 Å². The van der Waals surface area contributed by atoms with E-state index in [-0.39, 0.29) is 18.2 Å². The van der Waals surface area contributed by atoms with E-state index in [0.29, 0.717) is 5.57 Å². The second kappa shape index (κ2) is 7.19. The number of rotatable bonds is 5. The summed E-state index contributed by atoms with van der Waals surface area (Å²) in [5.41, 5.74) is 0.329. The van der Waals surface area contributed by atoms with Crippen LogP contribution in [0.1, 0.15) is 19.8 Å². The third-order valence-corrected chi connectivity index (χ3v) is 2.52. The van der Waals surface area contributed by atoms with Crippen LogP contribution in [0.25, 0.3) is 0 Å². The lowest BCUT2D eigenvalue weighted by molar-refractivity contribution is -0.116. The summed E-state index contributed by atoms with van der Waals surface area (Å²) in [5, 5.41) is 2.48. The van der Waals surface area contributed by atoms with Gasteiger partial charge in [0.15, 0.2) is 0 Å². The Morgan fingerprint density at radius 2 is 2.24 bits per heavy atom. The van der Waals surface area contributed by atoms with Crippen LogP contribution < -0.4 is 5.32 Å². The normalized spacial score (nSPS) is 19.2. The Hall–Kier alpha value is -1.20. The zero-order valence-corrected chi connectivity index (χ0v) is 10.4. The van der Waals surface area contributed by atoms with E-state index in [1.807, 2.05) is 6.92 Å². The van der Waals surface area contributed by atoms with Gasteiger partial charge < -0.3 is 14.8 Å². The molecule has 0 aromatic rings. The fourth-order valence-corrected chi connectivity index (χ4v) is 1.54. The number of hydrogen-bond acceptors (Lipinski definition) is 4. The first-order valence-electron chi connectivity index (χ1n) is 5.81. The van der Waals surface area contributed by atoms with Crippen molar-refractivity contribution in [3.63, 3.8) is 0 Å². The number of nitrogens with one attached hydrogen (secondary N) is 1. The fraction of sp³-hybridized carbons (Fsp3) is 0.667. The lowest BCUT2D eigenvalue weighted by Gasteiger charge is -2.24. The maximum Gasteiger partial charge on any atom is 0.251 e. The smallest absolute Gasteiger partial charge is 0.251 e. The number of carbonyl (C=O) groups is 1. The van der Waals surface area contributed by atoms with Crippen LogP contribution in [-0.2, 0) is 14.3 Å². The molecular weight excluding hydrogens is 220 g/mol. The third kappa shape index (κ3) is 5.10. The zero-order chi connectivity index (χ0) is 12.7. The molecule has 1 N–H and O–H groups in total. The Morgan fingerprint density at radius 1 is 1.59 bits per heavy atom. The predicted octanol–water partition coefficient (Wildman–Crippen LogP) is 0.901. The minimum atomic E-state index is -0.264. The average molecular weight is 240 g/mol. The molecule has 1 fully saturated rings. The first-order chi connectivity index (χ1) is 8.13. The molecule has 96 valence electrons. The molecule has 0 aromatic carbocycles. The molecule has 1 aliphatic rings. The molecule has 1 rings (SSSR count). The third-order valence-electron chi connectivity index (χ3n) is 2.52. The monoisotopic (exact) mass is 240 g/mol. The van der Waals surface area contributed by atoms with Crippen molar-refractivity contribution in [2.75, 3.05) is 20.3 Å². The van der Waals surface area contributed by atoms with E-state index in [1.165, 1.54) is 6.21 Å². The first-order valence-corrected chi connectivity index (χ1v) is 5.81. The van der Waals surface area contributed by atoms with Crippen LogP contribution in [0.3, 0.4) is 0 Å². The number of carbonyl (C=O) groups excluding carboxylic acids is 1. The van der Waals surface area contributed by atoms with Gasteiger partial charge >= 0.3 is 0 Å². The Morgan fingerprint density at radius 3 is 2.82 bits per heavy atom. The standard InChI is InChI=1S/C12H20N2O3/c1-9(12(15)13-3)8-14-10(2)17-11-4-6-16-7-5-11/h8,10-11H,1,4-7H2,2-3H3,(H,13,15)/b14-8-. The summed E-state index contributed by atoms with van der Waals surface area (Å²) in [6.07, 6.45) is 3.18. The molecule has 17 heavy (non-hydrogen) atoms. The maximum absolute atomic E-state index is 11.2. The average Bonchev–Trinajstić information content (AvgIpc) is 2.36. The summed E-state index contributed by atoms with van der Waals surface area (Å²) in [5.74, 6) is -0.230. The van der Waals surface area contributed by atoms with E-state index in [0.717, 1.165) is 26.1 Å². The van der Waals surface area contributed by atoms with Crippen LogP contribution in [0, 0.1) is 0 Å². The summed E-state index contributed by atoms with van der Waals surface area (Å²) >= 11 is 0. The van der Waals surface area contributed by atoms with Gasteiger partial charge in [0.05, 0.1) is 11.7 Å². The highest BCUT2D eigenvalue weighted by Gasteiger charge is 2.16. The number of likely N-dealkylation sites (N-methyl/N-ethyl adjacent to an activating group) is 1. The summed E-state index contributed by atoms with van der Waals surface area (Å²) < 4.78 is 10.9. The van der Waals surface area contributed by atoms with Crippen LogP contribution in [0.4, 0.5) is 0 Å². The van der Waals surface area contributed by atoms with Gasteiger partial charge in [-0.2, -0.15) is 0 Å². The fourth-order valence-electron chi connectivity index (χ4n) is 1.54. The van der Waals surface area contributed by atoms with E-state index in [4.69, 9.17) is 9.47 Å². The second-order valence-electron chi connectivity index (χ2n) is 3.93. The predicted molar refractivity (Wildman–Crippen MR) is 66.1 cm³/mol. The van der Waals surface area contributed by atoms with Gasteiger partial charge in [0.1, 0.15) is 6.23 Å². The molecule has 5 nitrogen and oxygen atoms in total. The molecule has 1 amide bonds. The van der Waals surface area contributed by atoms with E-state index < -0.39 is 0 Å². The van der Waals surface area contributed by atoms with E-state index in [2.05, 4.69) is 16.9 Å². The molecule has 0 bridgehead atoms. The molecule has 1 aliphatic heterocycles. The Bertz CT molecular complexity index is 296. The topological polar surface area (TPSA) is 59.9 Å². The zero-order valence-electron chi connectivity index (χ0n) is 10.4. The molecule has 0 saturated carbocycles. The number of nitrogens with zero attached hydrogens (tertiary/aromatic N) is 1. The van der Waals surface area contributed by atoms with Gasteiger partial charge in [0, 0.05) is 26.5 Å². The van der Waals surface area contributed by atoms with Crippen LogP contribution in [0.5, 0.6) is 0 Å². The van der Waals surface area contributed by atoms with Gasteiger partial charge in [-0.05, 0) is 19.8 Å². The SMILES string of the molecule is C=C(/C=N\C(C)OC1CCOCC1)C(=O)NC. The maximum atomic E-state index is 11.2. The van der Waals surface area contributed by atoms with Crippen molar-refractivity contribution in [2.45, 2.75) is 32.1 Å². The molecule has 1 saturated heterocycles. The molecular formula is C12H20N2O3. The Kier molecular flexibility index (Phi) is 5.86. The molecule has 5 heteroatoms. The van der Waals surface area contributed by atoms with Crippen molar-refractivity contribution < 1.29 is 14.3 Å². The molecule has 0 aliphatic carbocycles. The summed E-state index contributed by atoms with van der Waals surface area (Å²) in [6.45, 7) is 6.94. The Labute approximate surface area is 102 Å². The lowest BCUT2D eigenvalue weighted by Crippen LogP contribution is -2.26. The van der Waals surface area contributed by atoms with Gasteiger partial charge in [-0.1, -0.05) is 6.58 Å². The van der Waals surface area contributed by atoms with Gasteiger partial charge in [-0.15, -0.1) is 0 Å². The van der Waals surface area contributed by atoms with Crippen molar-refractivity contribution in [3.05, 3.63) is 12.2 Å². The van der Waals surface area contributed by atoms with Gasteiger partial charge in [0.25, 0.3) is 5.91 Å². The van der Waals surface area contributed by atoms with Crippen LogP contribution in [0.2, 0.25) is 0 Å². The lowest BCUT2D eigenvalue weighted by atomic mass is 10.1. The van der Waals surface area contributed by atoms with Crippen LogP contribution in [0.15, 0.2) is 17.1 Å². The minimum Gasteiger partial charge on any atom is -0.381 e. The van der Waals surface area contributed by atoms with Crippen LogP contribution >= 0.6 is 0 Å². The quantitative estimate of drug-likeness (QED) is 0.574. The second-order valence-corrected chi connectivity index (χ2v) is 3.93. The summed E-state index contributed by atoms with van der Waals surface area (Å²) in [6, 6.07) is 0. The van der Waals surface area contributed by atoms with Crippen LogP contribution in [-0.4, -0.2) is 44.7 Å².